The van der Waals surface area contributed by atoms with Gasteiger partial charge >= 0.3 is 0 Å². The summed E-state index contributed by atoms with van der Waals surface area (Å²) in [7, 11) is 3.33. The molecule has 0 spiro atoms. The van der Waals surface area contributed by atoms with E-state index in [0.29, 0.717) is 12.6 Å². The van der Waals surface area contributed by atoms with Gasteiger partial charge in [-0.15, -0.1) is 12.4 Å². The number of hydrogen-bond donors (Lipinski definition) is 2. The Labute approximate surface area is 120 Å². The third-order valence-electron chi connectivity index (χ3n) is 3.48. The molecule has 1 atom stereocenters. The van der Waals surface area contributed by atoms with Gasteiger partial charge in [-0.25, -0.2) is 0 Å². The first-order chi connectivity index (χ1) is 8.78. The second-order valence-electron chi connectivity index (χ2n) is 4.59. The van der Waals surface area contributed by atoms with Crippen molar-refractivity contribution in [3.63, 3.8) is 0 Å². The normalized spacial score (nSPS) is 17.3. The molecule has 0 radical (unpaired) electrons. The summed E-state index contributed by atoms with van der Waals surface area (Å²) in [5.41, 5.74) is 2.66. The molecule has 2 rings (SSSR count). The Hall–Kier alpha value is -0.970. The van der Waals surface area contributed by atoms with Crippen molar-refractivity contribution in [1.82, 2.24) is 5.32 Å². The van der Waals surface area contributed by atoms with E-state index in [4.69, 9.17) is 14.6 Å². The number of hydrogen-bond acceptors (Lipinski definition) is 4. The van der Waals surface area contributed by atoms with Crippen LogP contribution in [0.2, 0.25) is 0 Å². The van der Waals surface area contributed by atoms with Gasteiger partial charge in [-0.1, -0.05) is 0 Å². The van der Waals surface area contributed by atoms with Crippen molar-refractivity contribution in [2.45, 2.75) is 25.3 Å². The Kier molecular flexibility index (Phi) is 6.42. The summed E-state index contributed by atoms with van der Waals surface area (Å²) in [6.07, 6.45) is 3.12. The molecule has 0 heterocycles. The van der Waals surface area contributed by atoms with Gasteiger partial charge < -0.3 is 19.9 Å². The number of benzene rings is 1. The minimum atomic E-state index is 0. The fourth-order valence-electron chi connectivity index (χ4n) is 2.53. The molecule has 1 aromatic carbocycles. The highest BCUT2D eigenvalue weighted by atomic mass is 35.5. The molecule has 0 aliphatic heterocycles. The van der Waals surface area contributed by atoms with Crippen LogP contribution in [-0.2, 0) is 12.8 Å². The molecule has 0 saturated heterocycles. The van der Waals surface area contributed by atoms with Gasteiger partial charge in [0.25, 0.3) is 0 Å². The SMILES string of the molecule is COc1cc2c(cc1OC)CC(NCCO)CC2.Cl. The summed E-state index contributed by atoms with van der Waals surface area (Å²) in [5, 5.41) is 12.2. The number of aliphatic hydroxyl groups excluding tert-OH is 1. The number of aliphatic hydroxyl groups is 1. The second kappa shape index (κ2) is 7.58. The number of aryl methyl sites for hydroxylation is 1. The number of ether oxygens (including phenoxy) is 2. The van der Waals surface area contributed by atoms with E-state index in [2.05, 4.69) is 17.4 Å². The summed E-state index contributed by atoms with van der Waals surface area (Å²) >= 11 is 0. The molecular formula is C14H22ClNO3. The van der Waals surface area contributed by atoms with Crippen molar-refractivity contribution < 1.29 is 14.6 Å². The standard InChI is InChI=1S/C14H21NO3.ClH/c1-17-13-8-10-3-4-12(15-5-6-16)7-11(10)9-14(13)18-2;/h8-9,12,15-16H,3-7H2,1-2H3;1H. The van der Waals surface area contributed by atoms with Crippen molar-refractivity contribution in [1.29, 1.82) is 0 Å². The summed E-state index contributed by atoms with van der Waals surface area (Å²) < 4.78 is 10.7. The van der Waals surface area contributed by atoms with E-state index in [9.17, 15) is 0 Å². The van der Waals surface area contributed by atoms with Crippen LogP contribution in [0.15, 0.2) is 12.1 Å². The van der Waals surface area contributed by atoms with E-state index >= 15 is 0 Å². The number of halogens is 1. The quantitative estimate of drug-likeness (QED) is 0.863. The van der Waals surface area contributed by atoms with E-state index in [-0.39, 0.29) is 19.0 Å². The van der Waals surface area contributed by atoms with Gasteiger partial charge in [-0.3, -0.25) is 0 Å². The van der Waals surface area contributed by atoms with Gasteiger partial charge in [0.15, 0.2) is 11.5 Å². The minimum absolute atomic E-state index is 0. The Bertz CT molecular complexity index is 412. The molecule has 1 aliphatic carbocycles. The zero-order valence-electron chi connectivity index (χ0n) is 11.4. The Morgan fingerprint density at radius 3 is 2.42 bits per heavy atom. The van der Waals surface area contributed by atoms with Crippen molar-refractivity contribution in [2.75, 3.05) is 27.4 Å². The molecule has 2 N–H and O–H groups in total. The van der Waals surface area contributed by atoms with Crippen LogP contribution >= 0.6 is 12.4 Å². The maximum atomic E-state index is 8.84. The van der Waals surface area contributed by atoms with Gasteiger partial charge in [0.05, 0.1) is 20.8 Å². The molecule has 0 saturated carbocycles. The van der Waals surface area contributed by atoms with Gasteiger partial charge in [0, 0.05) is 12.6 Å². The van der Waals surface area contributed by atoms with E-state index in [0.717, 1.165) is 30.8 Å². The molecule has 0 aromatic heterocycles. The molecule has 0 amide bonds. The third-order valence-corrected chi connectivity index (χ3v) is 3.48. The van der Waals surface area contributed by atoms with E-state index in [1.165, 1.54) is 11.1 Å². The first-order valence-electron chi connectivity index (χ1n) is 6.36. The van der Waals surface area contributed by atoms with Crippen molar-refractivity contribution in [2.24, 2.45) is 0 Å². The minimum Gasteiger partial charge on any atom is -0.493 e. The molecule has 108 valence electrons. The Balaban J connectivity index is 0.00000180. The van der Waals surface area contributed by atoms with Crippen molar-refractivity contribution in [3.05, 3.63) is 23.3 Å². The third kappa shape index (κ3) is 3.75. The lowest BCUT2D eigenvalue weighted by Crippen LogP contribution is -2.36. The topological polar surface area (TPSA) is 50.7 Å². The lowest BCUT2D eigenvalue weighted by molar-refractivity contribution is 0.280. The maximum absolute atomic E-state index is 8.84. The van der Waals surface area contributed by atoms with E-state index in [1.807, 2.05) is 0 Å². The molecular weight excluding hydrogens is 266 g/mol. The molecule has 19 heavy (non-hydrogen) atoms. The molecule has 0 bridgehead atoms. The van der Waals surface area contributed by atoms with Crippen molar-refractivity contribution in [3.8, 4) is 11.5 Å². The van der Waals surface area contributed by atoms with Crippen LogP contribution < -0.4 is 14.8 Å². The Morgan fingerprint density at radius 1 is 1.21 bits per heavy atom. The number of fused-ring (bicyclic) bond motifs is 1. The number of nitrogens with one attached hydrogen (secondary N) is 1. The molecule has 1 aliphatic rings. The van der Waals surface area contributed by atoms with Crippen LogP contribution in [0.25, 0.3) is 0 Å². The van der Waals surface area contributed by atoms with Crippen LogP contribution in [0.4, 0.5) is 0 Å². The average molecular weight is 288 g/mol. The predicted molar refractivity (Wildman–Crippen MR) is 77.7 cm³/mol. The number of rotatable bonds is 5. The first-order valence-corrected chi connectivity index (χ1v) is 6.36. The fraction of sp³-hybridized carbons (Fsp3) is 0.571. The monoisotopic (exact) mass is 287 g/mol. The molecule has 1 unspecified atom stereocenters. The summed E-state index contributed by atoms with van der Waals surface area (Å²) in [6.45, 7) is 0.850. The average Bonchev–Trinajstić information content (AvgIpc) is 2.43. The smallest absolute Gasteiger partial charge is 0.161 e. The van der Waals surface area contributed by atoms with Crippen LogP contribution in [0.3, 0.4) is 0 Å². The molecule has 4 nitrogen and oxygen atoms in total. The molecule has 5 heteroatoms. The van der Waals surface area contributed by atoms with Crippen LogP contribution in [-0.4, -0.2) is 38.5 Å². The van der Waals surface area contributed by atoms with Gasteiger partial charge in [0.1, 0.15) is 0 Å². The maximum Gasteiger partial charge on any atom is 0.161 e. The summed E-state index contributed by atoms with van der Waals surface area (Å²) in [6, 6.07) is 4.60. The van der Waals surface area contributed by atoms with Crippen LogP contribution in [0.5, 0.6) is 11.5 Å². The van der Waals surface area contributed by atoms with E-state index in [1.54, 1.807) is 14.2 Å². The van der Waals surface area contributed by atoms with Gasteiger partial charge in [-0.2, -0.15) is 0 Å². The summed E-state index contributed by atoms with van der Waals surface area (Å²) in [4.78, 5) is 0. The number of methoxy groups -OCH3 is 2. The second-order valence-corrected chi connectivity index (χ2v) is 4.59. The Morgan fingerprint density at radius 2 is 1.84 bits per heavy atom. The highest BCUT2D eigenvalue weighted by Crippen LogP contribution is 2.34. The largest absolute Gasteiger partial charge is 0.493 e. The lowest BCUT2D eigenvalue weighted by Gasteiger charge is -2.26. The first kappa shape index (κ1) is 16.1. The lowest BCUT2D eigenvalue weighted by atomic mass is 9.88. The van der Waals surface area contributed by atoms with Crippen LogP contribution in [0.1, 0.15) is 17.5 Å². The van der Waals surface area contributed by atoms with Crippen LogP contribution in [0, 0.1) is 0 Å². The van der Waals surface area contributed by atoms with Crippen molar-refractivity contribution >= 4 is 12.4 Å². The van der Waals surface area contributed by atoms with Gasteiger partial charge in [0.2, 0.25) is 0 Å². The molecule has 0 fully saturated rings. The highest BCUT2D eigenvalue weighted by molar-refractivity contribution is 5.85. The molecule has 1 aromatic rings. The zero-order valence-corrected chi connectivity index (χ0v) is 12.3. The highest BCUT2D eigenvalue weighted by Gasteiger charge is 2.20. The van der Waals surface area contributed by atoms with Gasteiger partial charge in [-0.05, 0) is 42.5 Å². The van der Waals surface area contributed by atoms with E-state index < -0.39 is 0 Å². The summed E-state index contributed by atoms with van der Waals surface area (Å²) in [5.74, 6) is 1.59. The zero-order chi connectivity index (χ0) is 13.0. The predicted octanol–water partition coefficient (Wildman–Crippen LogP) is 1.56. The fourth-order valence-corrected chi connectivity index (χ4v) is 2.53.